The van der Waals surface area contributed by atoms with Crippen molar-refractivity contribution < 1.29 is 38.2 Å². The van der Waals surface area contributed by atoms with E-state index in [0.717, 1.165) is 34.2 Å². The van der Waals surface area contributed by atoms with Gasteiger partial charge in [-0.05, 0) is 67.9 Å². The second kappa shape index (κ2) is 16.4. The van der Waals surface area contributed by atoms with E-state index in [1.54, 1.807) is 20.8 Å². The van der Waals surface area contributed by atoms with E-state index in [1.807, 2.05) is 66.7 Å². The molecule has 51 heavy (non-hydrogen) atoms. The fourth-order valence-electron chi connectivity index (χ4n) is 7.16. The van der Waals surface area contributed by atoms with E-state index in [1.165, 1.54) is 7.11 Å². The molecule has 1 fully saturated rings. The smallest absolute Gasteiger partial charge is 0.408 e. The third-order valence-corrected chi connectivity index (χ3v) is 9.62. The molecule has 2 N–H and O–H groups in total. The highest BCUT2D eigenvalue weighted by atomic mass is 16.6. The summed E-state index contributed by atoms with van der Waals surface area (Å²) in [5.74, 6) is -3.54. The van der Waals surface area contributed by atoms with Gasteiger partial charge in [0.05, 0.1) is 25.5 Å². The number of Topliss-reactive ketones (excluding diaryl/α,β-unsaturated/α-hetero) is 1. The first-order valence-electron chi connectivity index (χ1n) is 17.7. The van der Waals surface area contributed by atoms with Crippen LogP contribution in [0.4, 0.5) is 4.79 Å². The average molecular weight is 697 g/mol. The number of hydrogen-bond donors (Lipinski definition) is 2. The van der Waals surface area contributed by atoms with Crippen molar-refractivity contribution >= 4 is 29.7 Å². The number of nitrogens with one attached hydrogen (secondary N) is 2. The van der Waals surface area contributed by atoms with Crippen LogP contribution in [0.15, 0.2) is 78.9 Å². The maximum atomic E-state index is 14.3. The maximum Gasteiger partial charge on any atom is 0.408 e. The molecule has 3 aromatic carbocycles. The predicted molar refractivity (Wildman–Crippen MR) is 192 cm³/mol. The molecule has 2 aliphatic carbocycles. The van der Waals surface area contributed by atoms with Crippen LogP contribution in [0.25, 0.3) is 11.1 Å². The highest BCUT2D eigenvalue weighted by Crippen LogP contribution is 2.44. The number of alkyl carbamates (subject to hydrolysis) is 1. The maximum absolute atomic E-state index is 14.3. The average Bonchev–Trinajstić information content (AvgIpc) is 3.43. The number of fused-ring (bicyclic) bond motifs is 3. The number of ether oxygens (including phenoxy) is 3. The van der Waals surface area contributed by atoms with Crippen molar-refractivity contribution in [2.45, 2.75) is 95.2 Å². The number of ketones is 1. The Morgan fingerprint density at radius 3 is 1.98 bits per heavy atom. The number of methoxy groups -OCH3 is 1. The van der Waals surface area contributed by atoms with Crippen molar-refractivity contribution in [3.63, 3.8) is 0 Å². The Labute approximate surface area is 299 Å². The van der Waals surface area contributed by atoms with Crippen LogP contribution in [-0.4, -0.2) is 60.6 Å². The Balaban J connectivity index is 1.32. The second-order valence-corrected chi connectivity index (χ2v) is 14.5. The standard InChI is InChI=1S/C41H48N2O8/c1-40(2,3)51-36(45)25-28(37(46)49-4)24-35(44)34(23-27-15-7-5-8-16-27)42-38(47)41(21-13-6-14-22-41)43-39(48)50-26-33-31-19-11-9-17-29(31)30-18-10-12-20-32(30)33/h5,7-12,15-20,28,33-34H,6,13-14,21-26H2,1-4H3,(H,42,47)(H,43,48)/t28-,34-/m0/s1. The van der Waals surface area contributed by atoms with E-state index >= 15 is 0 Å². The Morgan fingerprint density at radius 2 is 1.39 bits per heavy atom. The van der Waals surface area contributed by atoms with E-state index in [4.69, 9.17) is 14.2 Å². The second-order valence-electron chi connectivity index (χ2n) is 14.5. The lowest BCUT2D eigenvalue weighted by molar-refractivity contribution is -0.161. The Hall–Kier alpha value is -4.99. The van der Waals surface area contributed by atoms with Gasteiger partial charge in [0.25, 0.3) is 0 Å². The summed E-state index contributed by atoms with van der Waals surface area (Å²) in [5.41, 5.74) is 3.10. The third kappa shape index (κ3) is 9.42. The molecule has 0 spiro atoms. The number of hydrogen-bond acceptors (Lipinski definition) is 8. The minimum Gasteiger partial charge on any atom is -0.469 e. The topological polar surface area (TPSA) is 137 Å². The largest absolute Gasteiger partial charge is 0.469 e. The van der Waals surface area contributed by atoms with E-state index in [0.29, 0.717) is 25.7 Å². The van der Waals surface area contributed by atoms with Gasteiger partial charge in [-0.25, -0.2) is 4.79 Å². The van der Waals surface area contributed by atoms with Crippen molar-refractivity contribution in [2.75, 3.05) is 13.7 Å². The first-order valence-corrected chi connectivity index (χ1v) is 17.7. The normalized spacial score (nSPS) is 16.1. The van der Waals surface area contributed by atoms with Crippen LogP contribution < -0.4 is 10.6 Å². The molecule has 10 heteroatoms. The Morgan fingerprint density at radius 1 is 0.804 bits per heavy atom. The predicted octanol–water partition coefficient (Wildman–Crippen LogP) is 6.44. The van der Waals surface area contributed by atoms with Gasteiger partial charge in [-0.1, -0.05) is 98.1 Å². The summed E-state index contributed by atoms with van der Waals surface area (Å²) in [5, 5.41) is 5.84. The number of rotatable bonds is 13. The van der Waals surface area contributed by atoms with Gasteiger partial charge in [0, 0.05) is 12.3 Å². The molecule has 0 unspecified atom stereocenters. The molecule has 5 rings (SSSR count). The minimum atomic E-state index is -1.30. The van der Waals surface area contributed by atoms with Gasteiger partial charge in [0.1, 0.15) is 17.7 Å². The molecule has 10 nitrogen and oxygen atoms in total. The molecular weight excluding hydrogens is 648 g/mol. The van der Waals surface area contributed by atoms with Crippen LogP contribution >= 0.6 is 0 Å². The molecule has 0 radical (unpaired) electrons. The number of benzene rings is 3. The zero-order chi connectivity index (χ0) is 36.6. The zero-order valence-electron chi connectivity index (χ0n) is 29.9. The molecule has 2 aliphatic rings. The van der Waals surface area contributed by atoms with Crippen LogP contribution in [-0.2, 0) is 39.8 Å². The fourth-order valence-corrected chi connectivity index (χ4v) is 7.16. The van der Waals surface area contributed by atoms with E-state index in [-0.39, 0.29) is 31.8 Å². The van der Waals surface area contributed by atoms with Crippen LogP contribution in [0.1, 0.15) is 88.3 Å². The van der Waals surface area contributed by atoms with E-state index in [9.17, 15) is 24.0 Å². The van der Waals surface area contributed by atoms with Crippen LogP contribution in [0.3, 0.4) is 0 Å². The van der Waals surface area contributed by atoms with Crippen LogP contribution in [0, 0.1) is 5.92 Å². The molecule has 0 bridgehead atoms. The SMILES string of the molecule is COC(=O)[C@H](CC(=O)OC(C)(C)C)CC(=O)[C@H](Cc1ccccc1)NC(=O)C1(NC(=O)OCC2c3ccccc3-c3ccccc32)CCCCC1. The fraction of sp³-hybridized carbons (Fsp3) is 0.439. The van der Waals surface area contributed by atoms with Crippen molar-refractivity contribution in [3.8, 4) is 11.1 Å². The lowest BCUT2D eigenvalue weighted by atomic mass is 9.80. The summed E-state index contributed by atoms with van der Waals surface area (Å²) in [4.78, 5) is 67.1. The molecule has 0 heterocycles. The highest BCUT2D eigenvalue weighted by molar-refractivity contribution is 5.96. The number of amides is 2. The third-order valence-electron chi connectivity index (χ3n) is 9.62. The summed E-state index contributed by atoms with van der Waals surface area (Å²) in [7, 11) is 1.19. The molecule has 3 aromatic rings. The molecule has 2 amide bonds. The monoisotopic (exact) mass is 696 g/mol. The van der Waals surface area contributed by atoms with Crippen LogP contribution in [0.2, 0.25) is 0 Å². The first-order chi connectivity index (χ1) is 24.4. The van der Waals surface area contributed by atoms with Gasteiger partial charge in [-0.15, -0.1) is 0 Å². The molecule has 0 aliphatic heterocycles. The summed E-state index contributed by atoms with van der Waals surface area (Å²) < 4.78 is 16.2. The van der Waals surface area contributed by atoms with Crippen LogP contribution in [0.5, 0.6) is 0 Å². The van der Waals surface area contributed by atoms with E-state index < -0.39 is 52.8 Å². The van der Waals surface area contributed by atoms with Crippen molar-refractivity contribution in [1.29, 1.82) is 0 Å². The summed E-state index contributed by atoms with van der Waals surface area (Å²) in [6.07, 6.45) is 1.79. The molecule has 0 saturated heterocycles. The summed E-state index contributed by atoms with van der Waals surface area (Å²) >= 11 is 0. The van der Waals surface area contributed by atoms with E-state index in [2.05, 4.69) is 22.8 Å². The number of esters is 2. The first kappa shape index (κ1) is 37.3. The van der Waals surface area contributed by atoms with Crippen molar-refractivity contribution in [2.24, 2.45) is 5.92 Å². The lowest BCUT2D eigenvalue weighted by Gasteiger charge is -2.37. The molecular formula is C41H48N2O8. The molecule has 1 saturated carbocycles. The van der Waals surface area contributed by atoms with Crippen molar-refractivity contribution in [3.05, 3.63) is 95.6 Å². The molecule has 2 atom stereocenters. The van der Waals surface area contributed by atoms with Gasteiger partial charge < -0.3 is 24.8 Å². The van der Waals surface area contributed by atoms with Gasteiger partial charge in [-0.2, -0.15) is 0 Å². The number of carbonyl (C=O) groups excluding carboxylic acids is 5. The Bertz CT molecular complexity index is 1680. The zero-order valence-corrected chi connectivity index (χ0v) is 29.9. The van der Waals surface area contributed by atoms with Gasteiger partial charge in [0.15, 0.2) is 5.78 Å². The van der Waals surface area contributed by atoms with Crippen molar-refractivity contribution in [1.82, 2.24) is 10.6 Å². The highest BCUT2D eigenvalue weighted by Gasteiger charge is 2.43. The quantitative estimate of drug-likeness (QED) is 0.154. The summed E-state index contributed by atoms with van der Waals surface area (Å²) in [6.45, 7) is 5.24. The summed E-state index contributed by atoms with van der Waals surface area (Å²) in [6, 6.07) is 24.3. The minimum absolute atomic E-state index is 0.0965. The number of carbonyl (C=O) groups is 5. The van der Waals surface area contributed by atoms with Gasteiger partial charge >= 0.3 is 18.0 Å². The molecule has 0 aromatic heterocycles. The molecule has 270 valence electrons. The lowest BCUT2D eigenvalue weighted by Crippen LogP contribution is -2.62. The Kier molecular flexibility index (Phi) is 12.0. The van der Waals surface area contributed by atoms with Gasteiger partial charge in [0.2, 0.25) is 5.91 Å². The van der Waals surface area contributed by atoms with Gasteiger partial charge in [-0.3, -0.25) is 19.2 Å².